The second-order valence-electron chi connectivity index (χ2n) is 6.52. The minimum Gasteiger partial charge on any atom is -0.443 e. The summed E-state index contributed by atoms with van der Waals surface area (Å²) in [6.45, 7) is 1.98. The van der Waals surface area contributed by atoms with Crippen LogP contribution in [0.25, 0.3) is 0 Å². The van der Waals surface area contributed by atoms with E-state index in [4.69, 9.17) is 4.74 Å². The molecule has 1 fully saturated rings. The molecule has 1 aromatic carbocycles. The molecule has 132 valence electrons. The molecule has 4 nitrogen and oxygen atoms in total. The van der Waals surface area contributed by atoms with Crippen molar-refractivity contribution in [2.24, 2.45) is 0 Å². The van der Waals surface area contributed by atoms with Gasteiger partial charge in [-0.25, -0.2) is 4.79 Å². The zero-order valence-electron chi connectivity index (χ0n) is 14.4. The summed E-state index contributed by atoms with van der Waals surface area (Å²) in [6.07, 6.45) is 4.55. The Hall–Kier alpha value is -2.14. The van der Waals surface area contributed by atoms with Crippen LogP contribution in [0, 0.1) is 6.92 Å². The third-order valence-corrected chi connectivity index (χ3v) is 5.37. The maximum Gasteiger partial charge on any atom is 0.349 e. The average Bonchev–Trinajstić information content (AvgIpc) is 3.16. The summed E-state index contributed by atoms with van der Waals surface area (Å²) < 4.78 is 5.58. The van der Waals surface area contributed by atoms with Crippen molar-refractivity contribution in [1.29, 1.82) is 0 Å². The fourth-order valence-electron chi connectivity index (χ4n) is 3.10. The first-order valence-electron chi connectivity index (χ1n) is 8.75. The first-order chi connectivity index (χ1) is 12.1. The van der Waals surface area contributed by atoms with Gasteiger partial charge in [0.15, 0.2) is 0 Å². The summed E-state index contributed by atoms with van der Waals surface area (Å²) in [7, 11) is 0. The quantitative estimate of drug-likeness (QED) is 0.807. The van der Waals surface area contributed by atoms with E-state index in [0.717, 1.165) is 31.2 Å². The molecule has 0 aliphatic heterocycles. The monoisotopic (exact) mass is 357 g/mol. The van der Waals surface area contributed by atoms with Crippen molar-refractivity contribution >= 4 is 23.2 Å². The highest BCUT2D eigenvalue weighted by Crippen LogP contribution is 2.24. The van der Waals surface area contributed by atoms with Crippen molar-refractivity contribution in [2.45, 2.75) is 51.2 Å². The molecule has 0 radical (unpaired) electrons. The van der Waals surface area contributed by atoms with Crippen LogP contribution in [0.3, 0.4) is 0 Å². The maximum atomic E-state index is 12.8. The van der Waals surface area contributed by atoms with Crippen LogP contribution in [-0.2, 0) is 9.53 Å². The molecule has 0 unspecified atom stereocenters. The van der Waals surface area contributed by atoms with Crippen molar-refractivity contribution in [1.82, 2.24) is 5.32 Å². The van der Waals surface area contributed by atoms with Crippen LogP contribution < -0.4 is 5.32 Å². The molecule has 25 heavy (non-hydrogen) atoms. The largest absolute Gasteiger partial charge is 0.443 e. The van der Waals surface area contributed by atoms with Crippen LogP contribution in [0.4, 0.5) is 0 Å². The predicted octanol–water partition coefficient (Wildman–Crippen LogP) is 4.40. The number of aryl methyl sites for hydroxylation is 1. The van der Waals surface area contributed by atoms with Crippen molar-refractivity contribution in [3.63, 3.8) is 0 Å². The molecule has 2 aromatic rings. The van der Waals surface area contributed by atoms with E-state index in [-0.39, 0.29) is 11.9 Å². The minimum atomic E-state index is -0.919. The summed E-state index contributed by atoms with van der Waals surface area (Å²) in [6, 6.07) is 11.2. The van der Waals surface area contributed by atoms with E-state index in [9.17, 15) is 9.59 Å². The number of esters is 1. The number of hydrogen-bond acceptors (Lipinski definition) is 4. The third-order valence-electron chi connectivity index (χ3n) is 4.52. The number of ether oxygens (including phenoxy) is 1. The van der Waals surface area contributed by atoms with Crippen LogP contribution in [-0.4, -0.2) is 17.9 Å². The Morgan fingerprint density at radius 3 is 2.48 bits per heavy atom. The van der Waals surface area contributed by atoms with Gasteiger partial charge in [0, 0.05) is 11.6 Å². The summed E-state index contributed by atoms with van der Waals surface area (Å²) in [5, 5.41) is 4.89. The molecule has 1 saturated carbocycles. The Labute approximate surface area is 152 Å². The molecule has 0 spiro atoms. The highest BCUT2D eigenvalue weighted by molar-refractivity contribution is 7.11. The molecule has 1 aromatic heterocycles. The molecule has 0 saturated heterocycles. The second kappa shape index (κ2) is 8.30. The van der Waals surface area contributed by atoms with E-state index < -0.39 is 12.1 Å². The van der Waals surface area contributed by atoms with Gasteiger partial charge in [-0.15, -0.1) is 11.3 Å². The zero-order chi connectivity index (χ0) is 17.6. The highest BCUT2D eigenvalue weighted by Gasteiger charge is 2.28. The van der Waals surface area contributed by atoms with Gasteiger partial charge in [0.1, 0.15) is 4.88 Å². The molecule has 0 bridgehead atoms. The Bertz CT molecular complexity index is 703. The Morgan fingerprint density at radius 2 is 1.84 bits per heavy atom. The number of nitrogens with one attached hydrogen (secondary N) is 1. The van der Waals surface area contributed by atoms with Gasteiger partial charge >= 0.3 is 5.97 Å². The lowest BCUT2D eigenvalue weighted by Gasteiger charge is -2.25. The molecule has 1 aliphatic rings. The van der Waals surface area contributed by atoms with Crippen molar-refractivity contribution in [2.75, 3.05) is 0 Å². The van der Waals surface area contributed by atoms with Crippen molar-refractivity contribution < 1.29 is 14.3 Å². The fraction of sp³-hybridized carbons (Fsp3) is 0.400. The van der Waals surface area contributed by atoms with Gasteiger partial charge in [-0.3, -0.25) is 4.79 Å². The molecule has 1 aliphatic carbocycles. The van der Waals surface area contributed by atoms with Crippen LogP contribution in [0.5, 0.6) is 0 Å². The second-order valence-corrected chi connectivity index (χ2v) is 7.46. The summed E-state index contributed by atoms with van der Waals surface area (Å²) >= 11 is 1.31. The molecule has 1 heterocycles. The van der Waals surface area contributed by atoms with Gasteiger partial charge in [0.05, 0.1) is 0 Å². The predicted molar refractivity (Wildman–Crippen MR) is 98.7 cm³/mol. The number of carbonyl (C=O) groups is 2. The summed E-state index contributed by atoms with van der Waals surface area (Å²) in [5.41, 5.74) is 1.79. The van der Waals surface area contributed by atoms with Crippen molar-refractivity contribution in [3.05, 3.63) is 57.8 Å². The first kappa shape index (κ1) is 17.7. The zero-order valence-corrected chi connectivity index (χ0v) is 15.2. The fourth-order valence-corrected chi connectivity index (χ4v) is 3.70. The average molecular weight is 357 g/mol. The van der Waals surface area contributed by atoms with Gasteiger partial charge in [-0.05, 0) is 31.2 Å². The number of benzene rings is 1. The van der Waals surface area contributed by atoms with Crippen molar-refractivity contribution in [3.8, 4) is 0 Å². The topological polar surface area (TPSA) is 55.4 Å². The molecular weight excluding hydrogens is 334 g/mol. The summed E-state index contributed by atoms with van der Waals surface area (Å²) in [5.74, 6) is -0.694. The Balaban J connectivity index is 1.76. The molecule has 3 rings (SSSR count). The van der Waals surface area contributed by atoms with Crippen LogP contribution >= 0.6 is 11.3 Å². The number of amides is 1. The lowest BCUT2D eigenvalue weighted by atomic mass is 9.95. The third kappa shape index (κ3) is 4.69. The maximum absolute atomic E-state index is 12.8. The molecule has 5 heteroatoms. The molecule has 1 atom stereocenters. The van der Waals surface area contributed by atoms with Crippen LogP contribution in [0.15, 0.2) is 41.8 Å². The number of hydrogen-bond donors (Lipinski definition) is 1. The lowest BCUT2D eigenvalue weighted by molar-refractivity contribution is -0.131. The van der Waals surface area contributed by atoms with E-state index in [2.05, 4.69) is 5.32 Å². The minimum absolute atomic E-state index is 0.176. The number of rotatable bonds is 5. The van der Waals surface area contributed by atoms with E-state index >= 15 is 0 Å². The van der Waals surface area contributed by atoms with Gasteiger partial charge in [0.2, 0.25) is 6.10 Å². The van der Waals surface area contributed by atoms with Crippen LogP contribution in [0.1, 0.15) is 59.0 Å². The van der Waals surface area contributed by atoms with Gasteiger partial charge < -0.3 is 10.1 Å². The smallest absolute Gasteiger partial charge is 0.349 e. The van der Waals surface area contributed by atoms with Gasteiger partial charge in [-0.2, -0.15) is 0 Å². The molecule has 1 amide bonds. The van der Waals surface area contributed by atoms with E-state index in [1.807, 2.05) is 36.6 Å². The van der Waals surface area contributed by atoms with Gasteiger partial charge in [0.25, 0.3) is 5.91 Å². The molecular formula is C20H23NO3S. The van der Waals surface area contributed by atoms with Gasteiger partial charge in [-0.1, -0.05) is 55.2 Å². The van der Waals surface area contributed by atoms with E-state index in [1.165, 1.54) is 17.8 Å². The Kier molecular flexibility index (Phi) is 5.87. The first-order valence-corrected chi connectivity index (χ1v) is 9.63. The van der Waals surface area contributed by atoms with Crippen LogP contribution in [0.2, 0.25) is 0 Å². The normalized spacial score (nSPS) is 16.2. The highest BCUT2D eigenvalue weighted by atomic mass is 32.1. The molecule has 1 N–H and O–H groups in total. The number of thiophene rings is 1. The number of carbonyl (C=O) groups excluding carboxylic acids is 2. The van der Waals surface area contributed by atoms with E-state index in [1.54, 1.807) is 12.1 Å². The Morgan fingerprint density at radius 1 is 1.12 bits per heavy atom. The standard InChI is InChI=1S/C20H23NO3S/c1-14-9-11-15(12-10-14)18(24-20(23)17-8-5-13-25-17)19(22)21-16-6-3-2-4-7-16/h5,8-13,16,18H,2-4,6-7H2,1H3,(H,21,22)/t18-/m1/s1. The van der Waals surface area contributed by atoms with E-state index in [0.29, 0.717) is 10.4 Å². The lowest BCUT2D eigenvalue weighted by Crippen LogP contribution is -2.40. The SMILES string of the molecule is Cc1ccc([C@@H](OC(=O)c2cccs2)C(=O)NC2CCCCC2)cc1. The summed E-state index contributed by atoms with van der Waals surface area (Å²) in [4.78, 5) is 25.7.